The molecule has 2 unspecified atom stereocenters. The number of nitrogens with two attached hydrogens (primary N) is 1. The Bertz CT molecular complexity index is 366. The molecule has 1 heterocycles. The molecule has 5 heteroatoms. The highest BCUT2D eigenvalue weighted by Gasteiger charge is 2.54. The molecular formula is C11H15N3O2. The van der Waals surface area contributed by atoms with Gasteiger partial charge in [-0.15, -0.1) is 0 Å². The highest BCUT2D eigenvalue weighted by atomic mass is 16.2. The Labute approximate surface area is 94.0 Å². The van der Waals surface area contributed by atoms with Crippen LogP contribution in [0, 0.1) is 22.7 Å². The van der Waals surface area contributed by atoms with Gasteiger partial charge in [-0.25, -0.2) is 0 Å². The van der Waals surface area contributed by atoms with E-state index in [9.17, 15) is 9.59 Å². The lowest BCUT2D eigenvalue weighted by Crippen LogP contribution is -2.64. The average Bonchev–Trinajstić information content (AvgIpc) is 2.28. The number of carbonyl (C=O) groups is 2. The lowest BCUT2D eigenvalue weighted by Gasteiger charge is -2.46. The van der Waals surface area contributed by atoms with Crippen LogP contribution in [0.15, 0.2) is 0 Å². The van der Waals surface area contributed by atoms with Gasteiger partial charge in [-0.05, 0) is 12.8 Å². The third kappa shape index (κ3) is 1.41. The van der Waals surface area contributed by atoms with Gasteiger partial charge in [0.05, 0.1) is 12.1 Å². The van der Waals surface area contributed by atoms with Crippen LogP contribution in [0.3, 0.4) is 0 Å². The normalized spacial score (nSPS) is 33.2. The number of hydrogen-bond acceptors (Lipinski definition) is 4. The van der Waals surface area contributed by atoms with Gasteiger partial charge in [0.2, 0.25) is 11.8 Å². The highest BCUT2D eigenvalue weighted by molar-refractivity contribution is 6.03. The van der Waals surface area contributed by atoms with E-state index in [0.29, 0.717) is 12.8 Å². The van der Waals surface area contributed by atoms with E-state index in [1.54, 1.807) is 0 Å². The molecule has 1 spiro atoms. The minimum atomic E-state index is -0.777. The minimum absolute atomic E-state index is 0.432. The summed E-state index contributed by atoms with van der Waals surface area (Å²) in [5.74, 6) is -1.69. The zero-order valence-corrected chi connectivity index (χ0v) is 9.03. The molecule has 0 aromatic carbocycles. The Morgan fingerprint density at radius 1 is 1.25 bits per heavy atom. The molecule has 2 rings (SSSR count). The van der Waals surface area contributed by atoms with Crippen LogP contribution in [-0.2, 0) is 9.59 Å². The molecule has 2 fully saturated rings. The van der Waals surface area contributed by atoms with Crippen molar-refractivity contribution in [2.75, 3.05) is 0 Å². The van der Waals surface area contributed by atoms with Crippen molar-refractivity contribution in [2.24, 2.45) is 17.1 Å². The smallest absolute Gasteiger partial charge is 0.244 e. The number of rotatable bonds is 0. The number of amides is 2. The van der Waals surface area contributed by atoms with Gasteiger partial charge in [-0.2, -0.15) is 5.26 Å². The van der Waals surface area contributed by atoms with Gasteiger partial charge in [-0.1, -0.05) is 19.3 Å². The van der Waals surface area contributed by atoms with Crippen LogP contribution in [0.1, 0.15) is 32.1 Å². The van der Waals surface area contributed by atoms with Crippen molar-refractivity contribution in [3.8, 4) is 6.07 Å². The van der Waals surface area contributed by atoms with Crippen LogP contribution in [0.25, 0.3) is 0 Å². The summed E-state index contributed by atoms with van der Waals surface area (Å²) < 4.78 is 0. The number of piperidine rings is 1. The van der Waals surface area contributed by atoms with Gasteiger partial charge in [0.15, 0.2) is 0 Å². The van der Waals surface area contributed by atoms with Crippen molar-refractivity contribution in [2.45, 2.75) is 38.1 Å². The molecule has 2 atom stereocenters. The molecule has 1 aliphatic carbocycles. The molecule has 1 saturated heterocycles. The standard InChI is InChI=1S/C11H15N3O2/c12-6-7-9(15)14-10(16)8(13)11(7)4-2-1-3-5-11/h7-8H,1-5,13H2,(H,14,15,16). The van der Waals surface area contributed by atoms with Gasteiger partial charge >= 0.3 is 0 Å². The zero-order chi connectivity index (χ0) is 11.8. The fourth-order valence-electron chi connectivity index (χ4n) is 2.97. The second-order valence-corrected chi connectivity index (χ2v) is 4.69. The molecule has 0 aromatic heterocycles. The summed E-state index contributed by atoms with van der Waals surface area (Å²) in [7, 11) is 0. The van der Waals surface area contributed by atoms with Crippen LogP contribution in [0.4, 0.5) is 0 Å². The molecule has 0 bridgehead atoms. The van der Waals surface area contributed by atoms with Gasteiger partial charge in [0.1, 0.15) is 5.92 Å². The molecule has 2 amide bonds. The number of carbonyl (C=O) groups excluding carboxylic acids is 2. The number of nitrogens with zero attached hydrogens (tertiary/aromatic N) is 1. The molecule has 3 N–H and O–H groups in total. The topological polar surface area (TPSA) is 96.0 Å². The van der Waals surface area contributed by atoms with Gasteiger partial charge < -0.3 is 5.73 Å². The van der Waals surface area contributed by atoms with Gasteiger partial charge in [0.25, 0.3) is 0 Å². The first-order chi connectivity index (χ1) is 7.62. The summed E-state index contributed by atoms with van der Waals surface area (Å²) >= 11 is 0. The monoisotopic (exact) mass is 221 g/mol. The number of nitrogens with one attached hydrogen (secondary N) is 1. The lowest BCUT2D eigenvalue weighted by molar-refractivity contribution is -0.144. The first kappa shape index (κ1) is 11.1. The Morgan fingerprint density at radius 2 is 1.88 bits per heavy atom. The average molecular weight is 221 g/mol. The summed E-state index contributed by atoms with van der Waals surface area (Å²) in [5, 5.41) is 11.3. The van der Waals surface area contributed by atoms with E-state index in [1.807, 2.05) is 6.07 Å². The van der Waals surface area contributed by atoms with Crippen molar-refractivity contribution in [1.82, 2.24) is 5.32 Å². The lowest BCUT2D eigenvalue weighted by atomic mass is 9.60. The Hall–Kier alpha value is -1.41. The molecular weight excluding hydrogens is 206 g/mol. The summed E-state index contributed by atoms with van der Waals surface area (Å²) in [4.78, 5) is 23.2. The summed E-state index contributed by atoms with van der Waals surface area (Å²) in [6.45, 7) is 0. The molecule has 86 valence electrons. The van der Waals surface area contributed by atoms with Gasteiger partial charge in [0, 0.05) is 5.41 Å². The maximum absolute atomic E-state index is 11.6. The molecule has 0 radical (unpaired) electrons. The first-order valence-corrected chi connectivity index (χ1v) is 5.62. The van der Waals surface area contributed by atoms with E-state index in [-0.39, 0.29) is 0 Å². The third-order valence-corrected chi connectivity index (χ3v) is 3.90. The van der Waals surface area contributed by atoms with E-state index >= 15 is 0 Å². The predicted octanol–water partition coefficient (Wildman–Crippen LogP) is 0.0604. The Balaban J connectivity index is 2.39. The first-order valence-electron chi connectivity index (χ1n) is 5.62. The van der Waals surface area contributed by atoms with Crippen LogP contribution in [-0.4, -0.2) is 17.9 Å². The van der Waals surface area contributed by atoms with E-state index in [2.05, 4.69) is 5.32 Å². The molecule has 5 nitrogen and oxygen atoms in total. The van der Waals surface area contributed by atoms with Crippen LogP contribution >= 0.6 is 0 Å². The molecule has 1 saturated carbocycles. The van der Waals surface area contributed by atoms with E-state index in [0.717, 1.165) is 19.3 Å². The predicted molar refractivity (Wildman–Crippen MR) is 55.7 cm³/mol. The van der Waals surface area contributed by atoms with Crippen LogP contribution < -0.4 is 11.1 Å². The Kier molecular flexibility index (Phi) is 2.68. The van der Waals surface area contributed by atoms with E-state index in [4.69, 9.17) is 11.0 Å². The van der Waals surface area contributed by atoms with Gasteiger partial charge in [-0.3, -0.25) is 14.9 Å². The number of hydrogen-bond donors (Lipinski definition) is 2. The largest absolute Gasteiger partial charge is 0.319 e. The maximum atomic E-state index is 11.6. The molecule has 16 heavy (non-hydrogen) atoms. The number of nitriles is 1. The van der Waals surface area contributed by atoms with Crippen molar-refractivity contribution in [1.29, 1.82) is 5.26 Å². The quantitative estimate of drug-likeness (QED) is 0.565. The summed E-state index contributed by atoms with van der Waals surface area (Å²) in [5.41, 5.74) is 5.28. The highest BCUT2D eigenvalue weighted by Crippen LogP contribution is 2.46. The van der Waals surface area contributed by atoms with Crippen molar-refractivity contribution < 1.29 is 9.59 Å². The fourth-order valence-corrected chi connectivity index (χ4v) is 2.97. The fraction of sp³-hybridized carbons (Fsp3) is 0.727. The minimum Gasteiger partial charge on any atom is -0.319 e. The SMILES string of the molecule is N#CC1C(=O)NC(=O)C(N)C12CCCCC2. The summed E-state index contributed by atoms with van der Waals surface area (Å²) in [6.07, 6.45) is 4.36. The van der Waals surface area contributed by atoms with Crippen molar-refractivity contribution in [3.63, 3.8) is 0 Å². The Morgan fingerprint density at radius 3 is 2.44 bits per heavy atom. The van der Waals surface area contributed by atoms with E-state index in [1.165, 1.54) is 0 Å². The van der Waals surface area contributed by atoms with Crippen molar-refractivity contribution >= 4 is 11.8 Å². The molecule has 1 aliphatic heterocycles. The number of imide groups is 1. The molecule has 0 aromatic rings. The van der Waals surface area contributed by atoms with Crippen LogP contribution in [0.5, 0.6) is 0 Å². The zero-order valence-electron chi connectivity index (χ0n) is 9.03. The van der Waals surface area contributed by atoms with Crippen molar-refractivity contribution in [3.05, 3.63) is 0 Å². The maximum Gasteiger partial charge on any atom is 0.244 e. The molecule has 2 aliphatic rings. The summed E-state index contributed by atoms with van der Waals surface area (Å²) in [6, 6.07) is 1.29. The third-order valence-electron chi connectivity index (χ3n) is 3.90. The van der Waals surface area contributed by atoms with E-state index < -0.39 is 29.2 Å². The second-order valence-electron chi connectivity index (χ2n) is 4.69. The second kappa shape index (κ2) is 3.87. The van der Waals surface area contributed by atoms with Crippen LogP contribution in [0.2, 0.25) is 0 Å².